The standard InChI is InChI=1S/C12H14N4O/c1-8(2)9-4-3-5-11(15-9)16-12(17)10-6-13-7-14-10/h3-8H,1-2H3,(H,13,14)(H,15,16,17). The number of aromatic amines is 1. The average Bonchev–Trinajstić information content (AvgIpc) is 2.82. The molecule has 2 N–H and O–H groups in total. The number of H-pyrrole nitrogens is 1. The van der Waals surface area contributed by atoms with E-state index in [2.05, 4.69) is 34.1 Å². The van der Waals surface area contributed by atoms with Gasteiger partial charge in [-0.15, -0.1) is 0 Å². The normalized spacial score (nSPS) is 10.5. The van der Waals surface area contributed by atoms with Crippen molar-refractivity contribution in [3.8, 4) is 0 Å². The Morgan fingerprint density at radius 2 is 2.24 bits per heavy atom. The van der Waals surface area contributed by atoms with Crippen molar-refractivity contribution in [2.45, 2.75) is 19.8 Å². The van der Waals surface area contributed by atoms with Gasteiger partial charge in [-0.2, -0.15) is 0 Å². The zero-order chi connectivity index (χ0) is 12.3. The summed E-state index contributed by atoms with van der Waals surface area (Å²) >= 11 is 0. The molecule has 0 aliphatic carbocycles. The number of pyridine rings is 1. The van der Waals surface area contributed by atoms with Gasteiger partial charge in [-0.25, -0.2) is 9.97 Å². The second-order valence-electron chi connectivity index (χ2n) is 4.01. The third-order valence-corrected chi connectivity index (χ3v) is 2.33. The van der Waals surface area contributed by atoms with Gasteiger partial charge in [0.2, 0.25) is 0 Å². The van der Waals surface area contributed by atoms with E-state index in [-0.39, 0.29) is 5.91 Å². The van der Waals surface area contributed by atoms with Gasteiger partial charge in [-0.05, 0) is 18.1 Å². The van der Waals surface area contributed by atoms with Crippen LogP contribution in [-0.4, -0.2) is 20.9 Å². The molecule has 0 radical (unpaired) electrons. The summed E-state index contributed by atoms with van der Waals surface area (Å²) in [7, 11) is 0. The maximum Gasteiger partial charge on any atom is 0.276 e. The van der Waals surface area contributed by atoms with E-state index >= 15 is 0 Å². The molecule has 2 rings (SSSR count). The van der Waals surface area contributed by atoms with Gasteiger partial charge in [0.15, 0.2) is 0 Å². The molecule has 0 fully saturated rings. The number of nitrogens with zero attached hydrogens (tertiary/aromatic N) is 2. The first-order valence-electron chi connectivity index (χ1n) is 5.44. The number of carbonyl (C=O) groups is 1. The predicted molar refractivity (Wildman–Crippen MR) is 64.9 cm³/mol. The molecule has 1 amide bonds. The van der Waals surface area contributed by atoms with Crippen molar-refractivity contribution < 1.29 is 4.79 Å². The van der Waals surface area contributed by atoms with E-state index in [1.807, 2.05) is 12.1 Å². The number of carbonyl (C=O) groups excluding carboxylic acids is 1. The van der Waals surface area contributed by atoms with Crippen LogP contribution in [0.25, 0.3) is 0 Å². The zero-order valence-corrected chi connectivity index (χ0v) is 9.77. The summed E-state index contributed by atoms with van der Waals surface area (Å²) in [5.41, 5.74) is 1.30. The van der Waals surface area contributed by atoms with E-state index in [0.29, 0.717) is 17.4 Å². The number of imidazole rings is 1. The molecule has 2 aromatic heterocycles. The number of hydrogen-bond acceptors (Lipinski definition) is 3. The van der Waals surface area contributed by atoms with Crippen LogP contribution < -0.4 is 5.32 Å². The number of nitrogens with one attached hydrogen (secondary N) is 2. The molecule has 17 heavy (non-hydrogen) atoms. The second-order valence-corrected chi connectivity index (χ2v) is 4.01. The van der Waals surface area contributed by atoms with E-state index in [4.69, 9.17) is 0 Å². The Balaban J connectivity index is 2.14. The zero-order valence-electron chi connectivity index (χ0n) is 9.77. The first-order valence-corrected chi connectivity index (χ1v) is 5.44. The summed E-state index contributed by atoms with van der Waals surface area (Å²) in [5.74, 6) is 0.612. The lowest BCUT2D eigenvalue weighted by Gasteiger charge is -2.07. The highest BCUT2D eigenvalue weighted by molar-refractivity contribution is 6.02. The second kappa shape index (κ2) is 4.78. The minimum atomic E-state index is -0.264. The van der Waals surface area contributed by atoms with Crippen LogP contribution in [0.3, 0.4) is 0 Å². The van der Waals surface area contributed by atoms with Crippen molar-refractivity contribution in [1.29, 1.82) is 0 Å². The van der Waals surface area contributed by atoms with Gasteiger partial charge < -0.3 is 10.3 Å². The molecule has 5 heteroatoms. The molecule has 0 atom stereocenters. The van der Waals surface area contributed by atoms with Crippen molar-refractivity contribution in [2.24, 2.45) is 0 Å². The fourth-order valence-corrected chi connectivity index (χ4v) is 1.41. The van der Waals surface area contributed by atoms with Gasteiger partial charge in [0.05, 0.1) is 6.33 Å². The van der Waals surface area contributed by atoms with Crippen LogP contribution in [0.15, 0.2) is 30.7 Å². The summed E-state index contributed by atoms with van der Waals surface area (Å²) in [5, 5.41) is 2.71. The van der Waals surface area contributed by atoms with Crippen LogP contribution in [0.4, 0.5) is 5.82 Å². The predicted octanol–water partition coefficient (Wildman–Crippen LogP) is 2.18. The fourth-order valence-electron chi connectivity index (χ4n) is 1.41. The number of aromatic nitrogens is 3. The summed E-state index contributed by atoms with van der Waals surface area (Å²) < 4.78 is 0. The van der Waals surface area contributed by atoms with Crippen LogP contribution in [0, 0.1) is 0 Å². The Hall–Kier alpha value is -2.17. The SMILES string of the molecule is CC(C)c1cccc(NC(=O)c2c[nH]cn2)n1. The van der Waals surface area contributed by atoms with E-state index < -0.39 is 0 Å². The van der Waals surface area contributed by atoms with Crippen LogP contribution >= 0.6 is 0 Å². The number of anilines is 1. The van der Waals surface area contributed by atoms with Crippen LogP contribution in [0.2, 0.25) is 0 Å². The van der Waals surface area contributed by atoms with Crippen molar-refractivity contribution in [3.05, 3.63) is 42.1 Å². The quantitative estimate of drug-likeness (QED) is 0.849. The highest BCUT2D eigenvalue weighted by atomic mass is 16.1. The minimum Gasteiger partial charge on any atom is -0.350 e. The maximum atomic E-state index is 11.7. The summed E-state index contributed by atoms with van der Waals surface area (Å²) in [6.07, 6.45) is 3.01. The minimum absolute atomic E-state index is 0.264. The van der Waals surface area contributed by atoms with Crippen LogP contribution in [-0.2, 0) is 0 Å². The van der Waals surface area contributed by atoms with E-state index in [1.54, 1.807) is 12.3 Å². The van der Waals surface area contributed by atoms with Crippen LogP contribution in [0.5, 0.6) is 0 Å². The number of hydrogen-bond donors (Lipinski definition) is 2. The third-order valence-electron chi connectivity index (χ3n) is 2.33. The molecule has 0 spiro atoms. The van der Waals surface area contributed by atoms with Gasteiger partial charge in [-0.1, -0.05) is 19.9 Å². The Morgan fingerprint density at radius 1 is 1.41 bits per heavy atom. The summed E-state index contributed by atoms with van der Waals surface area (Å²) in [6.45, 7) is 4.11. The smallest absolute Gasteiger partial charge is 0.276 e. The van der Waals surface area contributed by atoms with E-state index in [0.717, 1.165) is 5.69 Å². The van der Waals surface area contributed by atoms with E-state index in [1.165, 1.54) is 6.33 Å². The van der Waals surface area contributed by atoms with Gasteiger partial charge in [0, 0.05) is 11.9 Å². The highest BCUT2D eigenvalue weighted by Gasteiger charge is 2.09. The molecular formula is C12H14N4O. The van der Waals surface area contributed by atoms with Crippen LogP contribution in [0.1, 0.15) is 35.9 Å². The molecule has 0 aromatic carbocycles. The molecule has 0 bridgehead atoms. The molecule has 88 valence electrons. The molecule has 2 aromatic rings. The first-order chi connectivity index (χ1) is 8.16. The first kappa shape index (κ1) is 11.3. The number of rotatable bonds is 3. The van der Waals surface area contributed by atoms with Crippen molar-refractivity contribution >= 4 is 11.7 Å². The molecule has 0 saturated carbocycles. The molecule has 0 unspecified atom stereocenters. The lowest BCUT2D eigenvalue weighted by atomic mass is 10.1. The average molecular weight is 230 g/mol. The third kappa shape index (κ3) is 2.69. The lowest BCUT2D eigenvalue weighted by Crippen LogP contribution is -2.13. The van der Waals surface area contributed by atoms with Gasteiger partial charge in [0.25, 0.3) is 5.91 Å². The van der Waals surface area contributed by atoms with Crippen molar-refractivity contribution in [2.75, 3.05) is 5.32 Å². The summed E-state index contributed by atoms with van der Waals surface area (Å²) in [4.78, 5) is 22.7. The Bertz CT molecular complexity index is 505. The van der Waals surface area contributed by atoms with E-state index in [9.17, 15) is 4.79 Å². The monoisotopic (exact) mass is 230 g/mol. The number of amides is 1. The maximum absolute atomic E-state index is 11.7. The molecule has 5 nitrogen and oxygen atoms in total. The Labute approximate surface area is 99.3 Å². The molecular weight excluding hydrogens is 216 g/mol. The highest BCUT2D eigenvalue weighted by Crippen LogP contribution is 2.14. The van der Waals surface area contributed by atoms with Gasteiger partial charge in [0.1, 0.15) is 11.5 Å². The van der Waals surface area contributed by atoms with Crippen molar-refractivity contribution in [3.63, 3.8) is 0 Å². The van der Waals surface area contributed by atoms with Crippen molar-refractivity contribution in [1.82, 2.24) is 15.0 Å². The molecule has 0 saturated heterocycles. The summed E-state index contributed by atoms with van der Waals surface area (Å²) in [6, 6.07) is 5.58. The topological polar surface area (TPSA) is 70.7 Å². The lowest BCUT2D eigenvalue weighted by molar-refractivity contribution is 0.102. The molecule has 0 aliphatic rings. The van der Waals surface area contributed by atoms with Gasteiger partial charge in [-0.3, -0.25) is 4.79 Å². The Kier molecular flexibility index (Phi) is 3.18. The van der Waals surface area contributed by atoms with Gasteiger partial charge >= 0.3 is 0 Å². The fraction of sp³-hybridized carbons (Fsp3) is 0.250. The largest absolute Gasteiger partial charge is 0.350 e. The Morgan fingerprint density at radius 3 is 2.88 bits per heavy atom. The molecule has 0 aliphatic heterocycles. The molecule has 2 heterocycles.